The number of benzene rings is 1. The van der Waals surface area contributed by atoms with Gasteiger partial charge in [-0.2, -0.15) is 5.26 Å². The zero-order valence-corrected chi connectivity index (χ0v) is 9.13. The summed E-state index contributed by atoms with van der Waals surface area (Å²) >= 11 is 0. The molecule has 0 spiro atoms. The topological polar surface area (TPSA) is 50.1 Å². The van der Waals surface area contributed by atoms with E-state index in [-0.39, 0.29) is 5.78 Å². The maximum atomic E-state index is 11.3. The number of nitrogens with zero attached hydrogens (tertiary/aromatic N) is 1. The summed E-state index contributed by atoms with van der Waals surface area (Å²) in [5.74, 6) is 0.403. The van der Waals surface area contributed by atoms with Gasteiger partial charge >= 0.3 is 0 Å². The van der Waals surface area contributed by atoms with Crippen LogP contribution in [0.2, 0.25) is 0 Å². The smallest absolute Gasteiger partial charge is 0.161 e. The molecule has 15 heavy (non-hydrogen) atoms. The third kappa shape index (κ3) is 1.99. The van der Waals surface area contributed by atoms with Gasteiger partial charge in [-0.25, -0.2) is 0 Å². The maximum Gasteiger partial charge on any atom is 0.161 e. The first kappa shape index (κ1) is 11.3. The number of ketones is 1. The summed E-state index contributed by atoms with van der Waals surface area (Å²) in [5, 5.41) is 9.02. The highest BCUT2D eigenvalue weighted by atomic mass is 16.5. The molecule has 0 unspecified atom stereocenters. The summed E-state index contributed by atoms with van der Waals surface area (Å²) in [6, 6.07) is 5.54. The van der Waals surface area contributed by atoms with Crippen LogP contribution in [0.5, 0.6) is 5.75 Å². The van der Waals surface area contributed by atoms with Crippen LogP contribution in [-0.2, 0) is 6.42 Å². The van der Waals surface area contributed by atoms with Crippen molar-refractivity contribution in [2.24, 2.45) is 0 Å². The molecule has 0 aliphatic rings. The highest BCUT2D eigenvalue weighted by Crippen LogP contribution is 2.27. The Kier molecular flexibility index (Phi) is 3.46. The molecule has 0 radical (unpaired) electrons. The van der Waals surface area contributed by atoms with Gasteiger partial charge in [0, 0.05) is 5.56 Å². The minimum absolute atomic E-state index is 0.118. The lowest BCUT2D eigenvalue weighted by atomic mass is 9.99. The second-order valence-corrected chi connectivity index (χ2v) is 3.20. The first-order valence-electron chi connectivity index (χ1n) is 4.76. The van der Waals surface area contributed by atoms with Crippen LogP contribution in [0.15, 0.2) is 12.1 Å². The van der Waals surface area contributed by atoms with Crippen LogP contribution in [-0.4, -0.2) is 12.9 Å². The average molecular weight is 203 g/mol. The number of hydrogen-bond donors (Lipinski definition) is 0. The van der Waals surface area contributed by atoms with Gasteiger partial charge in [-0.05, 0) is 25.0 Å². The van der Waals surface area contributed by atoms with Crippen LogP contribution in [0.1, 0.15) is 35.3 Å². The molecule has 0 aromatic heterocycles. The van der Waals surface area contributed by atoms with E-state index in [0.717, 1.165) is 12.0 Å². The number of rotatable bonds is 3. The molecule has 1 aromatic carbocycles. The number of aryl methyl sites for hydroxylation is 1. The zero-order valence-electron chi connectivity index (χ0n) is 9.13. The first-order valence-corrected chi connectivity index (χ1v) is 4.76. The largest absolute Gasteiger partial charge is 0.495 e. The van der Waals surface area contributed by atoms with Crippen LogP contribution in [0.3, 0.4) is 0 Å². The predicted molar refractivity (Wildman–Crippen MR) is 57.1 cm³/mol. The fourth-order valence-electron chi connectivity index (χ4n) is 1.54. The minimum Gasteiger partial charge on any atom is -0.495 e. The van der Waals surface area contributed by atoms with Crippen molar-refractivity contribution in [1.29, 1.82) is 5.26 Å². The van der Waals surface area contributed by atoms with Crippen LogP contribution in [0, 0.1) is 11.3 Å². The van der Waals surface area contributed by atoms with E-state index in [0.29, 0.717) is 16.9 Å². The Morgan fingerprint density at radius 1 is 1.53 bits per heavy atom. The lowest BCUT2D eigenvalue weighted by Crippen LogP contribution is -2.02. The second kappa shape index (κ2) is 4.61. The Balaban J connectivity index is 3.50. The molecule has 1 aromatic rings. The summed E-state index contributed by atoms with van der Waals surface area (Å²) in [4.78, 5) is 11.3. The maximum absolute atomic E-state index is 11.3. The van der Waals surface area contributed by atoms with Crippen molar-refractivity contribution in [2.75, 3.05) is 7.11 Å². The fraction of sp³-hybridized carbons (Fsp3) is 0.333. The Labute approximate surface area is 89.3 Å². The Bertz CT molecular complexity index is 430. The molecule has 0 bridgehead atoms. The van der Waals surface area contributed by atoms with Crippen molar-refractivity contribution in [1.82, 2.24) is 0 Å². The highest BCUT2D eigenvalue weighted by molar-refractivity contribution is 5.97. The van der Waals surface area contributed by atoms with E-state index in [9.17, 15) is 4.79 Å². The van der Waals surface area contributed by atoms with Gasteiger partial charge in [0.05, 0.1) is 7.11 Å². The van der Waals surface area contributed by atoms with Crippen molar-refractivity contribution in [3.8, 4) is 11.8 Å². The molecule has 78 valence electrons. The molecule has 0 heterocycles. The highest BCUT2D eigenvalue weighted by Gasteiger charge is 2.15. The summed E-state index contributed by atoms with van der Waals surface area (Å²) < 4.78 is 5.17. The van der Waals surface area contributed by atoms with Gasteiger partial charge < -0.3 is 4.74 Å². The summed E-state index contributed by atoms with van der Waals surface area (Å²) in [6.45, 7) is 3.42. The van der Waals surface area contributed by atoms with Crippen LogP contribution < -0.4 is 4.74 Å². The van der Waals surface area contributed by atoms with Crippen molar-refractivity contribution in [3.63, 3.8) is 0 Å². The number of carbonyl (C=O) groups excluding carboxylic acids is 1. The van der Waals surface area contributed by atoms with Crippen molar-refractivity contribution in [2.45, 2.75) is 20.3 Å². The molecule has 0 aliphatic carbocycles. The molecular formula is C12H13NO2. The number of methoxy groups -OCH3 is 1. The van der Waals surface area contributed by atoms with Gasteiger partial charge in [0.1, 0.15) is 17.4 Å². The van der Waals surface area contributed by atoms with E-state index in [2.05, 4.69) is 0 Å². The van der Waals surface area contributed by atoms with Crippen molar-refractivity contribution < 1.29 is 9.53 Å². The van der Waals surface area contributed by atoms with Gasteiger partial charge in [0.15, 0.2) is 5.78 Å². The van der Waals surface area contributed by atoms with E-state index >= 15 is 0 Å². The lowest BCUT2D eigenvalue weighted by molar-refractivity contribution is 0.101. The quantitative estimate of drug-likeness (QED) is 0.708. The van der Waals surface area contributed by atoms with Gasteiger partial charge in [-0.1, -0.05) is 13.0 Å². The molecule has 0 aliphatic heterocycles. The third-order valence-electron chi connectivity index (χ3n) is 2.32. The first-order chi connectivity index (χ1) is 7.15. The number of ether oxygens (including phenoxy) is 1. The second-order valence-electron chi connectivity index (χ2n) is 3.20. The number of hydrogen-bond acceptors (Lipinski definition) is 3. The van der Waals surface area contributed by atoms with Gasteiger partial charge in [-0.3, -0.25) is 4.79 Å². The molecule has 3 heteroatoms. The monoisotopic (exact) mass is 203 g/mol. The van der Waals surface area contributed by atoms with E-state index in [1.54, 1.807) is 6.07 Å². The number of nitriles is 1. The molecule has 0 N–H and O–H groups in total. The average Bonchev–Trinajstić information content (AvgIpc) is 2.26. The lowest BCUT2D eigenvalue weighted by Gasteiger charge is -2.10. The summed E-state index contributed by atoms with van der Waals surface area (Å²) in [5.41, 5.74) is 1.70. The van der Waals surface area contributed by atoms with Gasteiger partial charge in [0.2, 0.25) is 0 Å². The van der Waals surface area contributed by atoms with E-state index in [1.165, 1.54) is 14.0 Å². The predicted octanol–water partition coefficient (Wildman–Crippen LogP) is 2.33. The van der Waals surface area contributed by atoms with Crippen molar-refractivity contribution in [3.05, 3.63) is 28.8 Å². The minimum atomic E-state index is -0.118. The Morgan fingerprint density at radius 2 is 2.20 bits per heavy atom. The van der Waals surface area contributed by atoms with Crippen LogP contribution in [0.4, 0.5) is 0 Å². The molecule has 0 amide bonds. The standard InChI is InChI=1S/C12H13NO2/c1-4-9-5-6-10(8(2)14)11(7-13)12(9)15-3/h5-6H,4H2,1-3H3. The molecule has 1 rings (SSSR count). The molecule has 0 saturated carbocycles. The Morgan fingerprint density at radius 3 is 2.60 bits per heavy atom. The molecule has 0 atom stereocenters. The van der Waals surface area contributed by atoms with E-state index < -0.39 is 0 Å². The summed E-state index contributed by atoms with van der Waals surface area (Å²) in [6.07, 6.45) is 0.774. The number of Topliss-reactive ketones (excluding diaryl/α,β-unsaturated/α-hetero) is 1. The van der Waals surface area contributed by atoms with Crippen molar-refractivity contribution >= 4 is 5.78 Å². The van der Waals surface area contributed by atoms with Gasteiger partial charge in [-0.15, -0.1) is 0 Å². The fourth-order valence-corrected chi connectivity index (χ4v) is 1.54. The third-order valence-corrected chi connectivity index (χ3v) is 2.32. The van der Waals surface area contributed by atoms with E-state index in [1.807, 2.05) is 19.1 Å². The SMILES string of the molecule is CCc1ccc(C(C)=O)c(C#N)c1OC. The molecule has 0 fully saturated rings. The molecule has 0 saturated heterocycles. The van der Waals surface area contributed by atoms with Crippen LogP contribution in [0.25, 0.3) is 0 Å². The van der Waals surface area contributed by atoms with E-state index in [4.69, 9.17) is 10.00 Å². The number of carbonyl (C=O) groups is 1. The van der Waals surface area contributed by atoms with Gasteiger partial charge in [0.25, 0.3) is 0 Å². The summed E-state index contributed by atoms with van der Waals surface area (Å²) in [7, 11) is 1.51. The normalized spacial score (nSPS) is 9.47. The molecular weight excluding hydrogens is 190 g/mol. The Hall–Kier alpha value is -1.82. The molecule has 3 nitrogen and oxygen atoms in total. The van der Waals surface area contributed by atoms with Crippen LogP contribution >= 0.6 is 0 Å². The zero-order chi connectivity index (χ0) is 11.4.